The molecular formula is C21H28IN5O2. The normalized spacial score (nSPS) is 16.1. The number of nitrogens with zero attached hydrogens (tertiary/aromatic N) is 2. The van der Waals surface area contributed by atoms with Crippen LogP contribution in [0, 0.1) is 0 Å². The second-order valence-electron chi connectivity index (χ2n) is 6.70. The molecule has 0 aliphatic carbocycles. The number of amides is 1. The largest absolute Gasteiger partial charge is 0.508 e. The van der Waals surface area contributed by atoms with Crippen molar-refractivity contribution in [3.05, 3.63) is 54.6 Å². The van der Waals surface area contributed by atoms with Crippen molar-refractivity contribution < 1.29 is 9.90 Å². The predicted molar refractivity (Wildman–Crippen MR) is 128 cm³/mol. The third-order valence-electron chi connectivity index (χ3n) is 4.53. The van der Waals surface area contributed by atoms with Crippen molar-refractivity contribution in [2.45, 2.75) is 19.4 Å². The second-order valence-corrected chi connectivity index (χ2v) is 6.70. The van der Waals surface area contributed by atoms with Gasteiger partial charge in [-0.2, -0.15) is 0 Å². The van der Waals surface area contributed by atoms with Gasteiger partial charge in [0.2, 0.25) is 5.91 Å². The topological polar surface area (TPSA) is 89.0 Å². The Balaban J connectivity index is 0.00000300. The van der Waals surface area contributed by atoms with E-state index in [1.807, 2.05) is 25.1 Å². The number of aromatic hydroxyl groups is 1. The molecule has 7 nitrogen and oxygen atoms in total. The van der Waals surface area contributed by atoms with Crippen LogP contribution in [0.15, 0.2) is 59.6 Å². The van der Waals surface area contributed by atoms with Gasteiger partial charge in [-0.1, -0.05) is 18.2 Å². The molecule has 3 rings (SSSR count). The number of hydrogen-bond donors (Lipinski definition) is 4. The summed E-state index contributed by atoms with van der Waals surface area (Å²) in [5.74, 6) is 0.597. The summed E-state index contributed by atoms with van der Waals surface area (Å²) in [5, 5.41) is 18.7. The fraction of sp³-hybridized carbons (Fsp3) is 0.333. The number of carbonyl (C=O) groups is 1. The van der Waals surface area contributed by atoms with Crippen molar-refractivity contribution in [2.75, 3.05) is 36.4 Å². The molecule has 1 atom stereocenters. The number of rotatable bonds is 6. The van der Waals surface area contributed by atoms with Crippen LogP contribution in [0.4, 0.5) is 11.4 Å². The highest BCUT2D eigenvalue weighted by Gasteiger charge is 2.23. The van der Waals surface area contributed by atoms with E-state index in [0.717, 1.165) is 26.1 Å². The minimum Gasteiger partial charge on any atom is -0.508 e. The zero-order valence-electron chi connectivity index (χ0n) is 16.5. The lowest BCUT2D eigenvalue weighted by atomic mass is 10.3. The van der Waals surface area contributed by atoms with E-state index in [1.165, 1.54) is 17.8 Å². The highest BCUT2D eigenvalue weighted by Crippen LogP contribution is 2.19. The van der Waals surface area contributed by atoms with E-state index in [2.05, 4.69) is 38.0 Å². The molecule has 8 heteroatoms. The number of anilines is 2. The molecule has 156 valence electrons. The standard InChI is InChI=1S/C21H27N5O2.HI/c1-2-22-21(23-14-20(28)24-16-8-10-19(27)11-9-16)25-17-12-13-26(15-17)18-6-4-3-5-7-18;/h3-11,17,27H,2,12-15H2,1H3,(H,24,28)(H2,22,23,25);1H. The number of guanidine groups is 1. The lowest BCUT2D eigenvalue weighted by molar-refractivity contribution is -0.114. The van der Waals surface area contributed by atoms with Gasteiger partial charge in [-0.05, 0) is 49.7 Å². The molecule has 4 N–H and O–H groups in total. The van der Waals surface area contributed by atoms with Crippen molar-refractivity contribution in [1.29, 1.82) is 0 Å². The molecule has 0 spiro atoms. The fourth-order valence-corrected chi connectivity index (χ4v) is 3.16. The number of halogens is 1. The number of aliphatic imine (C=N–C) groups is 1. The summed E-state index contributed by atoms with van der Waals surface area (Å²) in [6.07, 6.45) is 1.01. The molecule has 1 fully saturated rings. The predicted octanol–water partition coefficient (Wildman–Crippen LogP) is 2.78. The van der Waals surface area contributed by atoms with Gasteiger partial charge in [0.15, 0.2) is 5.96 Å². The molecule has 0 aromatic heterocycles. The smallest absolute Gasteiger partial charge is 0.246 e. The summed E-state index contributed by atoms with van der Waals surface area (Å²) in [6.45, 7) is 4.63. The van der Waals surface area contributed by atoms with E-state index in [1.54, 1.807) is 12.1 Å². The minimum atomic E-state index is -0.208. The number of phenolic OH excluding ortho intramolecular Hbond substituents is 1. The van der Waals surface area contributed by atoms with Gasteiger partial charge in [0.25, 0.3) is 0 Å². The molecule has 1 amide bonds. The van der Waals surface area contributed by atoms with E-state index < -0.39 is 0 Å². The molecule has 1 heterocycles. The third kappa shape index (κ3) is 7.12. The van der Waals surface area contributed by atoms with Crippen molar-refractivity contribution in [3.63, 3.8) is 0 Å². The molecule has 1 aliphatic heterocycles. The molecular weight excluding hydrogens is 481 g/mol. The Kier molecular flexibility index (Phi) is 9.04. The summed E-state index contributed by atoms with van der Waals surface area (Å²) >= 11 is 0. The quantitative estimate of drug-likeness (QED) is 0.208. The summed E-state index contributed by atoms with van der Waals surface area (Å²) in [6, 6.07) is 17.0. The zero-order valence-corrected chi connectivity index (χ0v) is 18.8. The van der Waals surface area contributed by atoms with Gasteiger partial charge in [-0.25, -0.2) is 4.99 Å². The van der Waals surface area contributed by atoms with Gasteiger partial charge in [-0.3, -0.25) is 4.79 Å². The molecule has 0 radical (unpaired) electrons. The van der Waals surface area contributed by atoms with E-state index in [4.69, 9.17) is 0 Å². The Morgan fingerprint density at radius 1 is 1.17 bits per heavy atom. The third-order valence-corrected chi connectivity index (χ3v) is 4.53. The average Bonchev–Trinajstić information content (AvgIpc) is 3.17. The fourth-order valence-electron chi connectivity index (χ4n) is 3.16. The Morgan fingerprint density at radius 3 is 2.59 bits per heavy atom. The first-order valence-corrected chi connectivity index (χ1v) is 9.58. The van der Waals surface area contributed by atoms with Crippen LogP contribution in [0.25, 0.3) is 0 Å². The highest BCUT2D eigenvalue weighted by molar-refractivity contribution is 14.0. The van der Waals surface area contributed by atoms with Crippen molar-refractivity contribution in [1.82, 2.24) is 10.6 Å². The van der Waals surface area contributed by atoms with Gasteiger partial charge < -0.3 is 26.0 Å². The van der Waals surface area contributed by atoms with Crippen LogP contribution in [0.2, 0.25) is 0 Å². The number of hydrogen-bond acceptors (Lipinski definition) is 4. The lowest BCUT2D eigenvalue weighted by Crippen LogP contribution is -2.45. The van der Waals surface area contributed by atoms with Crippen LogP contribution in [-0.2, 0) is 4.79 Å². The van der Waals surface area contributed by atoms with E-state index in [0.29, 0.717) is 11.6 Å². The number of benzene rings is 2. The number of para-hydroxylation sites is 1. The molecule has 1 aliphatic rings. The first-order chi connectivity index (χ1) is 13.6. The Morgan fingerprint density at radius 2 is 1.90 bits per heavy atom. The summed E-state index contributed by atoms with van der Waals surface area (Å²) < 4.78 is 0. The maximum absolute atomic E-state index is 12.1. The van der Waals surface area contributed by atoms with Crippen molar-refractivity contribution in [3.8, 4) is 5.75 Å². The SMILES string of the molecule is CCNC(=NCC(=O)Nc1ccc(O)cc1)NC1CCN(c2ccccc2)C1.I. The Bertz CT molecular complexity index is 798. The van der Waals surface area contributed by atoms with Crippen LogP contribution in [0.5, 0.6) is 5.75 Å². The maximum atomic E-state index is 12.1. The summed E-state index contributed by atoms with van der Waals surface area (Å²) in [7, 11) is 0. The molecule has 1 unspecified atom stereocenters. The van der Waals surface area contributed by atoms with Gasteiger partial charge in [0.1, 0.15) is 12.3 Å². The van der Waals surface area contributed by atoms with Crippen molar-refractivity contribution >= 4 is 47.2 Å². The maximum Gasteiger partial charge on any atom is 0.246 e. The number of carbonyl (C=O) groups excluding carboxylic acids is 1. The first-order valence-electron chi connectivity index (χ1n) is 9.58. The first kappa shape index (κ1) is 22.8. The monoisotopic (exact) mass is 509 g/mol. The van der Waals surface area contributed by atoms with Gasteiger partial charge in [0, 0.05) is 37.1 Å². The molecule has 2 aromatic carbocycles. The highest BCUT2D eigenvalue weighted by atomic mass is 127. The van der Waals surface area contributed by atoms with E-state index in [9.17, 15) is 9.90 Å². The van der Waals surface area contributed by atoms with Crippen LogP contribution >= 0.6 is 24.0 Å². The van der Waals surface area contributed by atoms with Gasteiger partial charge in [0.05, 0.1) is 0 Å². The van der Waals surface area contributed by atoms with Gasteiger partial charge >= 0.3 is 0 Å². The molecule has 29 heavy (non-hydrogen) atoms. The van der Waals surface area contributed by atoms with Crippen LogP contribution < -0.4 is 20.9 Å². The van der Waals surface area contributed by atoms with Crippen LogP contribution in [-0.4, -0.2) is 49.2 Å². The summed E-state index contributed by atoms with van der Waals surface area (Å²) in [5.41, 5.74) is 1.85. The molecule has 0 saturated carbocycles. The number of nitrogens with one attached hydrogen (secondary N) is 3. The Labute approximate surface area is 188 Å². The Hall–Kier alpha value is -2.49. The summed E-state index contributed by atoms with van der Waals surface area (Å²) in [4.78, 5) is 18.9. The zero-order chi connectivity index (χ0) is 19.8. The van der Waals surface area contributed by atoms with Gasteiger partial charge in [-0.15, -0.1) is 24.0 Å². The van der Waals surface area contributed by atoms with Crippen molar-refractivity contribution in [2.24, 2.45) is 4.99 Å². The molecule has 2 aromatic rings. The second kappa shape index (κ2) is 11.5. The molecule has 0 bridgehead atoms. The lowest BCUT2D eigenvalue weighted by Gasteiger charge is -2.20. The van der Waals surface area contributed by atoms with Crippen LogP contribution in [0.3, 0.4) is 0 Å². The van der Waals surface area contributed by atoms with E-state index in [-0.39, 0.29) is 48.2 Å². The number of phenols is 1. The van der Waals surface area contributed by atoms with Crippen LogP contribution in [0.1, 0.15) is 13.3 Å². The van der Waals surface area contributed by atoms with E-state index >= 15 is 0 Å². The minimum absolute atomic E-state index is 0. The molecule has 1 saturated heterocycles. The average molecular weight is 509 g/mol.